The summed E-state index contributed by atoms with van der Waals surface area (Å²) in [6, 6.07) is 3.19. The second-order valence-electron chi connectivity index (χ2n) is 4.54. The summed E-state index contributed by atoms with van der Waals surface area (Å²) >= 11 is 0. The maximum atomic E-state index is 12.1. The Bertz CT molecular complexity index is 524. The predicted molar refractivity (Wildman–Crippen MR) is 66.0 cm³/mol. The fourth-order valence-electron chi connectivity index (χ4n) is 1.54. The number of sulfone groups is 1. The summed E-state index contributed by atoms with van der Waals surface area (Å²) in [7, 11) is -2.22. The molecule has 96 valence electrons. The minimum absolute atomic E-state index is 0.142. The van der Waals surface area contributed by atoms with Gasteiger partial charge in [0.2, 0.25) is 9.84 Å². The Morgan fingerprint density at radius 2 is 1.71 bits per heavy atom. The summed E-state index contributed by atoms with van der Waals surface area (Å²) in [5, 5.41) is 9.72. The fourth-order valence-corrected chi connectivity index (χ4v) is 2.89. The summed E-state index contributed by atoms with van der Waals surface area (Å²) in [6.45, 7) is 5.98. The second-order valence-corrected chi connectivity index (χ2v) is 6.98. The lowest BCUT2D eigenvalue weighted by Crippen LogP contribution is -2.31. The van der Waals surface area contributed by atoms with Crippen LogP contribution in [0.25, 0.3) is 0 Å². The van der Waals surface area contributed by atoms with Gasteiger partial charge in [-0.15, -0.1) is 0 Å². The number of aliphatic hydroxyl groups is 1. The maximum absolute atomic E-state index is 12.1. The van der Waals surface area contributed by atoms with E-state index in [4.69, 9.17) is 4.74 Å². The molecular formula is C12H18O4S. The van der Waals surface area contributed by atoms with Gasteiger partial charge in [0.1, 0.15) is 5.75 Å². The van der Waals surface area contributed by atoms with Gasteiger partial charge in [0.05, 0.1) is 12.0 Å². The molecule has 0 atom stereocenters. The van der Waals surface area contributed by atoms with E-state index in [0.29, 0.717) is 11.3 Å². The molecule has 4 nitrogen and oxygen atoms in total. The molecule has 1 aromatic carbocycles. The summed E-state index contributed by atoms with van der Waals surface area (Å²) in [5.74, 6) is 0.636. The van der Waals surface area contributed by atoms with Gasteiger partial charge in [0, 0.05) is 0 Å². The molecule has 0 saturated carbocycles. The normalized spacial score (nSPS) is 12.6. The van der Waals surface area contributed by atoms with Crippen molar-refractivity contribution in [3.63, 3.8) is 0 Å². The lowest BCUT2D eigenvalue weighted by molar-refractivity contribution is 0.165. The van der Waals surface area contributed by atoms with Crippen LogP contribution in [0.5, 0.6) is 5.75 Å². The van der Waals surface area contributed by atoms with Crippen molar-refractivity contribution in [1.29, 1.82) is 0 Å². The van der Waals surface area contributed by atoms with Crippen LogP contribution in [0.3, 0.4) is 0 Å². The Labute approximate surface area is 102 Å². The first-order valence-electron chi connectivity index (χ1n) is 5.23. The zero-order chi connectivity index (χ0) is 13.4. The Kier molecular flexibility index (Phi) is 3.55. The van der Waals surface area contributed by atoms with Crippen LogP contribution in [-0.2, 0) is 9.84 Å². The molecule has 0 radical (unpaired) electrons. The highest BCUT2D eigenvalue weighted by Gasteiger charge is 2.34. The van der Waals surface area contributed by atoms with Crippen molar-refractivity contribution in [2.45, 2.75) is 37.5 Å². The van der Waals surface area contributed by atoms with Gasteiger partial charge in [-0.1, -0.05) is 0 Å². The van der Waals surface area contributed by atoms with Crippen LogP contribution in [0.2, 0.25) is 0 Å². The van der Waals surface area contributed by atoms with Crippen molar-refractivity contribution < 1.29 is 18.3 Å². The monoisotopic (exact) mass is 258 g/mol. The molecule has 0 bridgehead atoms. The molecule has 0 aliphatic heterocycles. The van der Waals surface area contributed by atoms with E-state index >= 15 is 0 Å². The maximum Gasteiger partial charge on any atom is 0.207 e. The topological polar surface area (TPSA) is 63.6 Å². The zero-order valence-corrected chi connectivity index (χ0v) is 11.6. The Hall–Kier alpha value is -1.07. The van der Waals surface area contributed by atoms with Gasteiger partial charge in [0.25, 0.3) is 0 Å². The van der Waals surface area contributed by atoms with Crippen molar-refractivity contribution in [1.82, 2.24) is 0 Å². The van der Waals surface area contributed by atoms with Crippen LogP contribution in [0, 0.1) is 13.8 Å². The van der Waals surface area contributed by atoms with E-state index in [1.807, 2.05) is 0 Å². The van der Waals surface area contributed by atoms with Gasteiger partial charge in [-0.05, 0) is 51.0 Å². The molecule has 17 heavy (non-hydrogen) atoms. The largest absolute Gasteiger partial charge is 0.496 e. The highest BCUT2D eigenvalue weighted by Crippen LogP contribution is 2.30. The van der Waals surface area contributed by atoms with Gasteiger partial charge < -0.3 is 9.84 Å². The van der Waals surface area contributed by atoms with Gasteiger partial charge >= 0.3 is 0 Å². The van der Waals surface area contributed by atoms with Crippen LogP contribution in [0.15, 0.2) is 17.0 Å². The average Bonchev–Trinajstić information content (AvgIpc) is 2.18. The van der Waals surface area contributed by atoms with Gasteiger partial charge in [0.15, 0.2) is 4.93 Å². The molecule has 0 unspecified atom stereocenters. The van der Waals surface area contributed by atoms with Crippen molar-refractivity contribution in [3.05, 3.63) is 23.3 Å². The smallest absolute Gasteiger partial charge is 0.207 e. The van der Waals surface area contributed by atoms with Crippen molar-refractivity contribution in [2.24, 2.45) is 0 Å². The zero-order valence-electron chi connectivity index (χ0n) is 10.7. The Balaban J connectivity index is 3.50. The number of hydrogen-bond acceptors (Lipinski definition) is 4. The SMILES string of the molecule is COc1cc(C)c(S(=O)(=O)C(C)(C)O)cc1C. The molecule has 1 N–H and O–H groups in total. The molecule has 0 aromatic heterocycles. The van der Waals surface area contributed by atoms with Gasteiger partial charge in [-0.3, -0.25) is 0 Å². The minimum atomic E-state index is -3.75. The number of benzene rings is 1. The summed E-state index contributed by atoms with van der Waals surface area (Å²) in [6.07, 6.45) is 0. The lowest BCUT2D eigenvalue weighted by atomic mass is 10.1. The molecule has 1 aromatic rings. The standard InChI is InChI=1S/C12H18O4S/c1-8-7-11(9(2)6-10(8)16-5)17(14,15)12(3,4)13/h6-7,13H,1-5H3. The number of ether oxygens (including phenoxy) is 1. The van der Waals surface area contributed by atoms with E-state index in [0.717, 1.165) is 5.56 Å². The molecular weight excluding hydrogens is 240 g/mol. The number of rotatable bonds is 3. The first kappa shape index (κ1) is 14.0. The van der Waals surface area contributed by atoms with E-state index in [9.17, 15) is 13.5 Å². The molecule has 1 rings (SSSR count). The molecule has 0 fully saturated rings. The van der Waals surface area contributed by atoms with Crippen molar-refractivity contribution >= 4 is 9.84 Å². The molecule has 5 heteroatoms. The summed E-state index contributed by atoms with van der Waals surface area (Å²) in [4.78, 5) is -1.65. The van der Waals surface area contributed by atoms with Crippen LogP contribution >= 0.6 is 0 Å². The number of methoxy groups -OCH3 is 1. The molecule has 0 spiro atoms. The van der Waals surface area contributed by atoms with E-state index < -0.39 is 14.8 Å². The Morgan fingerprint density at radius 1 is 1.18 bits per heavy atom. The van der Waals surface area contributed by atoms with Crippen LogP contribution < -0.4 is 4.74 Å². The van der Waals surface area contributed by atoms with E-state index in [1.165, 1.54) is 27.0 Å². The van der Waals surface area contributed by atoms with Gasteiger partial charge in [-0.25, -0.2) is 8.42 Å². The number of hydrogen-bond donors (Lipinski definition) is 1. The van der Waals surface area contributed by atoms with Crippen LogP contribution in [0.1, 0.15) is 25.0 Å². The molecule has 0 heterocycles. The highest BCUT2D eigenvalue weighted by atomic mass is 32.2. The van der Waals surface area contributed by atoms with Crippen LogP contribution in [0.4, 0.5) is 0 Å². The van der Waals surface area contributed by atoms with Crippen LogP contribution in [-0.4, -0.2) is 25.6 Å². The minimum Gasteiger partial charge on any atom is -0.496 e. The Morgan fingerprint density at radius 3 is 2.12 bits per heavy atom. The molecule has 0 saturated heterocycles. The third kappa shape index (κ3) is 2.45. The van der Waals surface area contributed by atoms with Crippen molar-refractivity contribution in [3.8, 4) is 5.75 Å². The van der Waals surface area contributed by atoms with Gasteiger partial charge in [-0.2, -0.15) is 0 Å². The third-order valence-electron chi connectivity index (χ3n) is 2.64. The fraction of sp³-hybridized carbons (Fsp3) is 0.500. The predicted octanol–water partition coefficient (Wildman–Crippen LogP) is 1.81. The molecule has 0 aliphatic carbocycles. The van der Waals surface area contributed by atoms with E-state index in [-0.39, 0.29) is 4.90 Å². The first-order chi connectivity index (χ1) is 7.61. The van der Waals surface area contributed by atoms with E-state index in [1.54, 1.807) is 19.9 Å². The van der Waals surface area contributed by atoms with E-state index in [2.05, 4.69) is 0 Å². The second kappa shape index (κ2) is 4.31. The number of aryl methyl sites for hydroxylation is 2. The average molecular weight is 258 g/mol. The summed E-state index contributed by atoms with van der Waals surface area (Å²) < 4.78 is 29.4. The summed E-state index contributed by atoms with van der Waals surface area (Å²) in [5.41, 5.74) is 1.29. The van der Waals surface area contributed by atoms with Crippen molar-refractivity contribution in [2.75, 3.05) is 7.11 Å². The first-order valence-corrected chi connectivity index (χ1v) is 6.72. The molecule has 0 aliphatic rings. The lowest BCUT2D eigenvalue weighted by Gasteiger charge is -2.20. The third-order valence-corrected chi connectivity index (χ3v) is 4.97. The molecule has 0 amide bonds. The highest BCUT2D eigenvalue weighted by molar-refractivity contribution is 7.92. The quantitative estimate of drug-likeness (QED) is 0.898.